The molecule has 0 aliphatic heterocycles. The highest BCUT2D eigenvalue weighted by Gasteiger charge is 2.18. The normalized spacial score (nSPS) is 11.6. The van der Waals surface area contributed by atoms with Crippen LogP contribution in [0.5, 0.6) is 0 Å². The van der Waals surface area contributed by atoms with Gasteiger partial charge in [0.2, 0.25) is 5.76 Å². The van der Waals surface area contributed by atoms with Crippen LogP contribution in [0.4, 0.5) is 0 Å². The molecule has 0 aromatic rings. The summed E-state index contributed by atoms with van der Waals surface area (Å²) in [6.45, 7) is 4.85. The summed E-state index contributed by atoms with van der Waals surface area (Å²) in [7, 11) is 0. The van der Waals surface area contributed by atoms with Crippen LogP contribution >= 0.6 is 0 Å². The lowest BCUT2D eigenvalue weighted by Crippen LogP contribution is -2.14. The van der Waals surface area contributed by atoms with E-state index in [0.29, 0.717) is 0 Å². The summed E-state index contributed by atoms with van der Waals surface area (Å²) < 4.78 is 9.09. The van der Waals surface area contributed by atoms with Gasteiger partial charge >= 0.3 is 11.9 Å². The summed E-state index contributed by atoms with van der Waals surface area (Å²) in [5.74, 6) is -2.35. The molecule has 80 valence electrons. The molecule has 1 N–H and O–H groups in total. The first-order chi connectivity index (χ1) is 6.54. The molecule has 0 radical (unpaired) electrons. The van der Waals surface area contributed by atoms with E-state index in [1.807, 2.05) is 0 Å². The molecule has 14 heavy (non-hydrogen) atoms. The molecule has 0 aromatic heterocycles. The maximum absolute atomic E-state index is 11.0. The monoisotopic (exact) mass is 202 g/mol. The molecule has 0 aromatic carbocycles. The fourth-order valence-corrected chi connectivity index (χ4v) is 0.689. The second kappa shape index (κ2) is 6.01. The molecular weight excluding hydrogens is 188 g/mol. The van der Waals surface area contributed by atoms with Gasteiger partial charge in [0, 0.05) is 0 Å². The number of rotatable bonds is 4. The summed E-state index contributed by atoms with van der Waals surface area (Å²) >= 11 is 0. The lowest BCUT2D eigenvalue weighted by atomic mass is 10.2. The van der Waals surface area contributed by atoms with Crippen molar-refractivity contribution in [2.45, 2.75) is 20.8 Å². The third-order valence-electron chi connectivity index (χ3n) is 1.41. The van der Waals surface area contributed by atoms with E-state index in [-0.39, 0.29) is 18.8 Å². The Bertz CT molecular complexity index is 228. The fourth-order valence-electron chi connectivity index (χ4n) is 0.689. The van der Waals surface area contributed by atoms with Gasteiger partial charge in [-0.3, -0.25) is 0 Å². The Morgan fingerprint density at radius 3 is 1.93 bits per heavy atom. The third kappa shape index (κ3) is 3.47. The summed E-state index contributed by atoms with van der Waals surface area (Å²) in [5, 5.41) is 9.22. The van der Waals surface area contributed by atoms with Crippen LogP contribution in [0.25, 0.3) is 0 Å². The van der Waals surface area contributed by atoms with Crippen LogP contribution in [0.15, 0.2) is 11.3 Å². The van der Waals surface area contributed by atoms with Gasteiger partial charge in [-0.05, 0) is 20.8 Å². The van der Waals surface area contributed by atoms with Crippen LogP contribution in [0, 0.1) is 0 Å². The molecule has 0 unspecified atom stereocenters. The predicted octanol–water partition coefficient (Wildman–Crippen LogP) is 0.945. The fraction of sp³-hybridized carbons (Fsp3) is 0.556. The minimum Gasteiger partial charge on any atom is -0.501 e. The molecule has 0 rings (SSSR count). The van der Waals surface area contributed by atoms with Gasteiger partial charge in [0.25, 0.3) is 0 Å². The standard InChI is InChI=1S/C9H14O5/c1-4-13-8(11)6(3)7(10)9(12)14-5-2/h10H,4-5H2,1-3H3/b7-6-. The van der Waals surface area contributed by atoms with E-state index in [2.05, 4.69) is 9.47 Å². The summed E-state index contributed by atoms with van der Waals surface area (Å²) in [5.41, 5.74) is -0.148. The summed E-state index contributed by atoms with van der Waals surface area (Å²) in [6.07, 6.45) is 0. The Morgan fingerprint density at radius 2 is 1.50 bits per heavy atom. The first kappa shape index (κ1) is 12.5. The van der Waals surface area contributed by atoms with Gasteiger partial charge < -0.3 is 14.6 Å². The van der Waals surface area contributed by atoms with Gasteiger partial charge in [-0.25, -0.2) is 9.59 Å². The van der Waals surface area contributed by atoms with Crippen LogP contribution < -0.4 is 0 Å². The smallest absolute Gasteiger partial charge is 0.373 e. The maximum atomic E-state index is 11.0. The van der Waals surface area contributed by atoms with Gasteiger partial charge in [0.05, 0.1) is 18.8 Å². The van der Waals surface area contributed by atoms with Crippen molar-refractivity contribution < 1.29 is 24.2 Å². The first-order valence-electron chi connectivity index (χ1n) is 4.28. The zero-order valence-corrected chi connectivity index (χ0v) is 8.49. The molecule has 5 nitrogen and oxygen atoms in total. The Balaban J connectivity index is 4.57. The van der Waals surface area contributed by atoms with Gasteiger partial charge in [-0.2, -0.15) is 0 Å². The average Bonchev–Trinajstić information content (AvgIpc) is 2.16. The van der Waals surface area contributed by atoms with Gasteiger partial charge in [0.15, 0.2) is 0 Å². The highest BCUT2D eigenvalue weighted by Crippen LogP contribution is 2.05. The number of aliphatic hydroxyl groups is 1. The lowest BCUT2D eigenvalue weighted by Gasteiger charge is -2.04. The average molecular weight is 202 g/mol. The van der Waals surface area contributed by atoms with Crippen molar-refractivity contribution in [3.8, 4) is 0 Å². The van der Waals surface area contributed by atoms with E-state index in [0.717, 1.165) is 0 Å². The Morgan fingerprint density at radius 1 is 1.07 bits per heavy atom. The van der Waals surface area contributed by atoms with E-state index in [1.165, 1.54) is 6.92 Å². The molecule has 0 saturated heterocycles. The predicted molar refractivity (Wildman–Crippen MR) is 48.6 cm³/mol. The molecule has 0 heterocycles. The highest BCUT2D eigenvalue weighted by molar-refractivity contribution is 5.98. The van der Waals surface area contributed by atoms with Crippen LogP contribution in [-0.2, 0) is 19.1 Å². The van der Waals surface area contributed by atoms with E-state index in [4.69, 9.17) is 0 Å². The van der Waals surface area contributed by atoms with Gasteiger partial charge in [-0.1, -0.05) is 0 Å². The second-order valence-corrected chi connectivity index (χ2v) is 2.41. The topological polar surface area (TPSA) is 72.8 Å². The Kier molecular flexibility index (Phi) is 5.36. The van der Waals surface area contributed by atoms with Crippen molar-refractivity contribution in [3.63, 3.8) is 0 Å². The van der Waals surface area contributed by atoms with Crippen molar-refractivity contribution in [2.24, 2.45) is 0 Å². The van der Waals surface area contributed by atoms with E-state index in [1.54, 1.807) is 13.8 Å². The molecule has 0 saturated carbocycles. The van der Waals surface area contributed by atoms with Crippen LogP contribution in [-0.4, -0.2) is 30.3 Å². The van der Waals surface area contributed by atoms with E-state index < -0.39 is 17.7 Å². The lowest BCUT2D eigenvalue weighted by molar-refractivity contribution is -0.144. The van der Waals surface area contributed by atoms with Crippen LogP contribution in [0.1, 0.15) is 20.8 Å². The molecule has 0 atom stereocenters. The SMILES string of the molecule is CCOC(=O)/C(C)=C(\O)C(=O)OCC. The number of aliphatic hydroxyl groups excluding tert-OH is 1. The molecule has 0 fully saturated rings. The number of carbonyl (C=O) groups excluding carboxylic acids is 2. The van der Waals surface area contributed by atoms with Crippen molar-refractivity contribution in [1.82, 2.24) is 0 Å². The zero-order valence-electron chi connectivity index (χ0n) is 8.49. The van der Waals surface area contributed by atoms with Crippen LogP contribution in [0.3, 0.4) is 0 Å². The maximum Gasteiger partial charge on any atom is 0.373 e. The van der Waals surface area contributed by atoms with Crippen LogP contribution in [0.2, 0.25) is 0 Å². The highest BCUT2D eigenvalue weighted by atomic mass is 16.5. The summed E-state index contributed by atoms with van der Waals surface area (Å²) in [4.78, 5) is 22.0. The Hall–Kier alpha value is -1.52. The van der Waals surface area contributed by atoms with E-state index >= 15 is 0 Å². The van der Waals surface area contributed by atoms with E-state index in [9.17, 15) is 14.7 Å². The quantitative estimate of drug-likeness (QED) is 0.417. The second-order valence-electron chi connectivity index (χ2n) is 2.41. The van der Waals surface area contributed by atoms with Crippen molar-refractivity contribution >= 4 is 11.9 Å². The van der Waals surface area contributed by atoms with Crippen molar-refractivity contribution in [2.75, 3.05) is 13.2 Å². The zero-order chi connectivity index (χ0) is 11.1. The molecule has 5 heteroatoms. The number of ether oxygens (including phenoxy) is 2. The van der Waals surface area contributed by atoms with Gasteiger partial charge in [0.1, 0.15) is 0 Å². The number of esters is 2. The molecular formula is C9H14O5. The third-order valence-corrected chi connectivity index (χ3v) is 1.41. The van der Waals surface area contributed by atoms with Crippen molar-refractivity contribution in [3.05, 3.63) is 11.3 Å². The minimum absolute atomic E-state index is 0.138. The Labute approximate surface area is 82.3 Å². The first-order valence-corrected chi connectivity index (χ1v) is 4.28. The number of hydrogen-bond acceptors (Lipinski definition) is 5. The molecule has 0 amide bonds. The number of hydrogen-bond donors (Lipinski definition) is 1. The largest absolute Gasteiger partial charge is 0.501 e. The molecule has 0 bridgehead atoms. The molecule has 0 aliphatic carbocycles. The molecule has 0 spiro atoms. The van der Waals surface area contributed by atoms with Gasteiger partial charge in [-0.15, -0.1) is 0 Å². The minimum atomic E-state index is -0.918. The number of carbonyl (C=O) groups is 2. The molecule has 0 aliphatic rings. The van der Waals surface area contributed by atoms with Crippen molar-refractivity contribution in [1.29, 1.82) is 0 Å². The summed E-state index contributed by atoms with van der Waals surface area (Å²) in [6, 6.07) is 0.